The van der Waals surface area contributed by atoms with Gasteiger partial charge in [0.1, 0.15) is 0 Å². The summed E-state index contributed by atoms with van der Waals surface area (Å²) in [5, 5.41) is 3.37. The second-order valence-corrected chi connectivity index (χ2v) is 7.86. The maximum atomic E-state index is 13.2. The molecule has 1 aliphatic rings. The molecular formula is C17H24F3N. The summed E-state index contributed by atoms with van der Waals surface area (Å²) < 4.78 is 39.4. The van der Waals surface area contributed by atoms with Gasteiger partial charge in [-0.1, -0.05) is 27.7 Å². The maximum Gasteiger partial charge on any atom is 0.194 e. The summed E-state index contributed by atoms with van der Waals surface area (Å²) in [4.78, 5) is 0. The lowest BCUT2D eigenvalue weighted by atomic mass is 9.63. The molecule has 0 spiro atoms. The van der Waals surface area contributed by atoms with E-state index in [1.54, 1.807) is 0 Å². The summed E-state index contributed by atoms with van der Waals surface area (Å²) in [6, 6.07) is 2.43. The Bertz CT molecular complexity index is 484. The van der Waals surface area contributed by atoms with Crippen LogP contribution in [0.5, 0.6) is 0 Å². The molecule has 0 atom stereocenters. The van der Waals surface area contributed by atoms with Crippen LogP contribution in [0.3, 0.4) is 0 Å². The van der Waals surface area contributed by atoms with Gasteiger partial charge in [-0.3, -0.25) is 0 Å². The van der Waals surface area contributed by atoms with Crippen molar-refractivity contribution in [3.8, 4) is 0 Å². The first-order valence-corrected chi connectivity index (χ1v) is 7.45. The molecule has 1 fully saturated rings. The van der Waals surface area contributed by atoms with Gasteiger partial charge in [0.05, 0.1) is 0 Å². The van der Waals surface area contributed by atoms with Gasteiger partial charge in [0.2, 0.25) is 0 Å². The Balaban J connectivity index is 2.03. The Hall–Kier alpha value is -1.03. The summed E-state index contributed by atoms with van der Waals surface area (Å²) in [5.41, 5.74) is 0.935. The third-order valence-corrected chi connectivity index (χ3v) is 4.19. The lowest BCUT2D eigenvalue weighted by molar-refractivity contribution is 0.0844. The van der Waals surface area contributed by atoms with Crippen LogP contribution in [0.2, 0.25) is 0 Å². The lowest BCUT2D eigenvalue weighted by Crippen LogP contribution is -2.43. The van der Waals surface area contributed by atoms with Crippen LogP contribution >= 0.6 is 0 Å². The Morgan fingerprint density at radius 2 is 1.48 bits per heavy atom. The molecule has 1 aliphatic carbocycles. The molecule has 4 heteroatoms. The zero-order valence-corrected chi connectivity index (χ0v) is 13.2. The van der Waals surface area contributed by atoms with Crippen LogP contribution in [0.1, 0.15) is 52.5 Å². The van der Waals surface area contributed by atoms with Crippen molar-refractivity contribution in [2.75, 3.05) is 0 Å². The van der Waals surface area contributed by atoms with Crippen molar-refractivity contribution >= 4 is 0 Å². The van der Waals surface area contributed by atoms with Crippen LogP contribution in [0.4, 0.5) is 13.2 Å². The highest BCUT2D eigenvalue weighted by Gasteiger charge is 2.38. The van der Waals surface area contributed by atoms with Gasteiger partial charge in [-0.25, -0.2) is 13.2 Å². The van der Waals surface area contributed by atoms with Gasteiger partial charge in [-0.05, 0) is 47.8 Å². The van der Waals surface area contributed by atoms with Crippen LogP contribution in [0.25, 0.3) is 0 Å². The van der Waals surface area contributed by atoms with E-state index in [9.17, 15) is 13.2 Å². The minimum Gasteiger partial charge on any atom is -0.310 e. The van der Waals surface area contributed by atoms with Crippen molar-refractivity contribution in [1.29, 1.82) is 0 Å². The summed E-state index contributed by atoms with van der Waals surface area (Å²) in [5.74, 6) is -3.66. The maximum absolute atomic E-state index is 13.2. The summed E-state index contributed by atoms with van der Waals surface area (Å²) >= 11 is 0. The monoisotopic (exact) mass is 299 g/mol. The molecule has 0 bridgehead atoms. The highest BCUT2D eigenvalue weighted by Crippen LogP contribution is 2.45. The average Bonchev–Trinajstić information content (AvgIpc) is 2.29. The summed E-state index contributed by atoms with van der Waals surface area (Å²) in [6.07, 6.45) is 3.23. The van der Waals surface area contributed by atoms with Gasteiger partial charge in [0.25, 0.3) is 0 Å². The van der Waals surface area contributed by atoms with Gasteiger partial charge in [0.15, 0.2) is 17.5 Å². The minimum atomic E-state index is -1.40. The Morgan fingerprint density at radius 1 is 1.00 bits per heavy atom. The topological polar surface area (TPSA) is 12.0 Å². The van der Waals surface area contributed by atoms with E-state index < -0.39 is 17.5 Å². The summed E-state index contributed by atoms with van der Waals surface area (Å²) in [7, 11) is 0. The third kappa shape index (κ3) is 4.22. The van der Waals surface area contributed by atoms with Crippen molar-refractivity contribution in [3.63, 3.8) is 0 Å². The molecule has 0 amide bonds. The molecule has 0 heterocycles. The normalized spacial score (nSPS) is 21.5. The fourth-order valence-electron chi connectivity index (χ4n) is 3.96. The smallest absolute Gasteiger partial charge is 0.194 e. The summed E-state index contributed by atoms with van der Waals surface area (Å²) in [6.45, 7) is 9.35. The van der Waals surface area contributed by atoms with Gasteiger partial charge in [0, 0.05) is 12.6 Å². The van der Waals surface area contributed by atoms with Crippen LogP contribution in [0.15, 0.2) is 12.1 Å². The largest absolute Gasteiger partial charge is 0.310 e. The lowest BCUT2D eigenvalue weighted by Gasteiger charge is -2.45. The minimum absolute atomic E-state index is 0.249. The number of benzene rings is 1. The van der Waals surface area contributed by atoms with Crippen LogP contribution in [0, 0.1) is 28.3 Å². The number of halogens is 3. The van der Waals surface area contributed by atoms with Crippen LogP contribution in [-0.2, 0) is 6.54 Å². The molecule has 1 N–H and O–H groups in total. The molecule has 2 rings (SSSR count). The van der Waals surface area contributed by atoms with E-state index in [1.807, 2.05) is 0 Å². The fraction of sp³-hybridized carbons (Fsp3) is 0.647. The first-order valence-electron chi connectivity index (χ1n) is 7.45. The Labute approximate surface area is 124 Å². The number of nitrogens with one attached hydrogen (secondary N) is 1. The predicted octanol–water partition coefficient (Wildman–Crippen LogP) is 4.80. The molecule has 0 unspecified atom stereocenters. The average molecular weight is 299 g/mol. The standard InChI is InChI=1S/C17H24F3N/c1-16(2)7-12(8-17(3,4)10-16)21-9-11-5-13(18)15(20)14(19)6-11/h5-6,12,21H,7-10H2,1-4H3. The number of hydrogen-bond donors (Lipinski definition) is 1. The van der Waals surface area contributed by atoms with Gasteiger partial charge in [-0.15, -0.1) is 0 Å². The number of rotatable bonds is 3. The van der Waals surface area contributed by atoms with E-state index >= 15 is 0 Å². The molecule has 0 aliphatic heterocycles. The molecule has 0 aromatic heterocycles. The van der Waals surface area contributed by atoms with E-state index in [0.29, 0.717) is 18.2 Å². The van der Waals surface area contributed by atoms with Crippen molar-refractivity contribution < 1.29 is 13.2 Å². The molecule has 0 saturated heterocycles. The second-order valence-electron chi connectivity index (χ2n) is 7.86. The molecule has 0 radical (unpaired) electrons. The first kappa shape index (κ1) is 16.3. The van der Waals surface area contributed by atoms with Crippen molar-refractivity contribution in [1.82, 2.24) is 5.32 Å². The van der Waals surface area contributed by atoms with Crippen molar-refractivity contribution in [2.24, 2.45) is 10.8 Å². The van der Waals surface area contributed by atoms with Crippen LogP contribution in [-0.4, -0.2) is 6.04 Å². The fourth-order valence-corrected chi connectivity index (χ4v) is 3.96. The van der Waals surface area contributed by atoms with Gasteiger partial charge < -0.3 is 5.32 Å². The Morgan fingerprint density at radius 3 is 1.95 bits per heavy atom. The first-order chi connectivity index (χ1) is 9.58. The van der Waals surface area contributed by atoms with E-state index in [0.717, 1.165) is 31.4 Å². The van der Waals surface area contributed by atoms with E-state index in [2.05, 4.69) is 33.0 Å². The second kappa shape index (κ2) is 5.64. The van der Waals surface area contributed by atoms with E-state index in [-0.39, 0.29) is 10.8 Å². The van der Waals surface area contributed by atoms with Gasteiger partial charge in [-0.2, -0.15) is 0 Å². The van der Waals surface area contributed by atoms with E-state index in [1.165, 1.54) is 0 Å². The molecule has 1 aromatic rings. The Kier molecular flexibility index (Phi) is 4.39. The zero-order chi connectivity index (χ0) is 15.8. The quantitative estimate of drug-likeness (QED) is 0.791. The highest BCUT2D eigenvalue weighted by atomic mass is 19.2. The molecule has 118 valence electrons. The molecule has 1 nitrogen and oxygen atoms in total. The molecular weight excluding hydrogens is 275 g/mol. The van der Waals surface area contributed by atoms with Crippen molar-refractivity contribution in [2.45, 2.75) is 59.5 Å². The molecule has 21 heavy (non-hydrogen) atoms. The van der Waals surface area contributed by atoms with Gasteiger partial charge >= 0.3 is 0 Å². The number of hydrogen-bond acceptors (Lipinski definition) is 1. The SMILES string of the molecule is CC1(C)CC(NCc2cc(F)c(F)c(F)c2)CC(C)(C)C1. The molecule has 1 aromatic carbocycles. The molecule has 1 saturated carbocycles. The van der Waals surface area contributed by atoms with Crippen molar-refractivity contribution in [3.05, 3.63) is 35.1 Å². The zero-order valence-electron chi connectivity index (χ0n) is 13.2. The predicted molar refractivity (Wildman–Crippen MR) is 78.4 cm³/mol. The van der Waals surface area contributed by atoms with E-state index in [4.69, 9.17) is 0 Å². The highest BCUT2D eigenvalue weighted by molar-refractivity contribution is 5.19. The van der Waals surface area contributed by atoms with Crippen LogP contribution < -0.4 is 5.32 Å². The third-order valence-electron chi connectivity index (χ3n) is 4.19.